The standard InChI is InChI=1S/C13H14O2/c14-9-3-5-11-8-7-10-4-1-2-6-12(10)13(11)15/h1-2,4,6,9,11H,3,5,7-8H2. The molecule has 15 heavy (non-hydrogen) atoms. The van der Waals surface area contributed by atoms with Gasteiger partial charge in [0, 0.05) is 17.9 Å². The minimum absolute atomic E-state index is 0.0603. The summed E-state index contributed by atoms with van der Waals surface area (Å²) in [5.41, 5.74) is 2.02. The molecule has 1 aliphatic carbocycles. The van der Waals surface area contributed by atoms with Crippen LogP contribution in [0.1, 0.15) is 35.2 Å². The second-order valence-corrected chi connectivity index (χ2v) is 4.00. The van der Waals surface area contributed by atoms with Gasteiger partial charge < -0.3 is 4.79 Å². The molecule has 0 radical (unpaired) electrons. The highest BCUT2D eigenvalue weighted by molar-refractivity contribution is 6.00. The van der Waals surface area contributed by atoms with E-state index in [4.69, 9.17) is 0 Å². The summed E-state index contributed by atoms with van der Waals surface area (Å²) in [6, 6.07) is 7.78. The Morgan fingerprint density at radius 1 is 1.33 bits per heavy atom. The van der Waals surface area contributed by atoms with E-state index in [1.54, 1.807) is 0 Å². The summed E-state index contributed by atoms with van der Waals surface area (Å²) in [5, 5.41) is 0. The molecule has 0 bridgehead atoms. The second kappa shape index (κ2) is 4.39. The van der Waals surface area contributed by atoms with E-state index in [1.807, 2.05) is 24.3 Å². The van der Waals surface area contributed by atoms with E-state index in [9.17, 15) is 9.59 Å². The molecule has 0 saturated carbocycles. The quantitative estimate of drug-likeness (QED) is 0.705. The van der Waals surface area contributed by atoms with Crippen LogP contribution in [0.4, 0.5) is 0 Å². The Morgan fingerprint density at radius 3 is 2.93 bits per heavy atom. The minimum atomic E-state index is 0.0603. The fraction of sp³-hybridized carbons (Fsp3) is 0.385. The van der Waals surface area contributed by atoms with Crippen LogP contribution < -0.4 is 0 Å². The lowest BCUT2D eigenvalue weighted by atomic mass is 9.81. The summed E-state index contributed by atoms with van der Waals surface area (Å²) in [4.78, 5) is 22.3. The van der Waals surface area contributed by atoms with Crippen molar-refractivity contribution in [3.8, 4) is 0 Å². The van der Waals surface area contributed by atoms with Crippen molar-refractivity contribution in [1.29, 1.82) is 0 Å². The van der Waals surface area contributed by atoms with Crippen molar-refractivity contribution in [3.63, 3.8) is 0 Å². The van der Waals surface area contributed by atoms with Gasteiger partial charge in [0.25, 0.3) is 0 Å². The molecule has 2 nitrogen and oxygen atoms in total. The minimum Gasteiger partial charge on any atom is -0.303 e. The Balaban J connectivity index is 2.18. The molecular weight excluding hydrogens is 188 g/mol. The Morgan fingerprint density at radius 2 is 2.13 bits per heavy atom. The van der Waals surface area contributed by atoms with Crippen molar-refractivity contribution in [3.05, 3.63) is 35.4 Å². The molecule has 2 heteroatoms. The first-order valence-electron chi connectivity index (χ1n) is 5.38. The maximum absolute atomic E-state index is 12.0. The first-order valence-corrected chi connectivity index (χ1v) is 5.38. The number of aryl methyl sites for hydroxylation is 1. The number of fused-ring (bicyclic) bond motifs is 1. The van der Waals surface area contributed by atoms with Crippen molar-refractivity contribution in [2.24, 2.45) is 5.92 Å². The zero-order chi connectivity index (χ0) is 10.7. The number of hydrogen-bond donors (Lipinski definition) is 0. The predicted molar refractivity (Wildman–Crippen MR) is 57.9 cm³/mol. The Labute approximate surface area is 89.3 Å². The van der Waals surface area contributed by atoms with E-state index in [1.165, 1.54) is 0 Å². The van der Waals surface area contributed by atoms with Crippen LogP contribution in [0.15, 0.2) is 24.3 Å². The molecule has 2 rings (SSSR count). The third kappa shape index (κ3) is 1.99. The van der Waals surface area contributed by atoms with Gasteiger partial charge in [0.1, 0.15) is 6.29 Å². The highest BCUT2D eigenvalue weighted by atomic mass is 16.1. The van der Waals surface area contributed by atoms with E-state index >= 15 is 0 Å². The fourth-order valence-electron chi connectivity index (χ4n) is 2.20. The lowest BCUT2D eigenvalue weighted by Crippen LogP contribution is -2.22. The molecule has 1 aromatic rings. The SMILES string of the molecule is O=CCCC1CCc2ccccc2C1=O. The van der Waals surface area contributed by atoms with E-state index < -0.39 is 0 Å². The Hall–Kier alpha value is -1.44. The highest BCUT2D eigenvalue weighted by Gasteiger charge is 2.26. The van der Waals surface area contributed by atoms with Gasteiger partial charge in [-0.1, -0.05) is 24.3 Å². The van der Waals surface area contributed by atoms with Gasteiger partial charge in [-0.25, -0.2) is 0 Å². The molecule has 0 amide bonds. The van der Waals surface area contributed by atoms with Crippen LogP contribution in [0, 0.1) is 5.92 Å². The van der Waals surface area contributed by atoms with E-state index in [2.05, 4.69) is 0 Å². The maximum Gasteiger partial charge on any atom is 0.166 e. The van der Waals surface area contributed by atoms with Crippen LogP contribution in [-0.2, 0) is 11.2 Å². The van der Waals surface area contributed by atoms with Crippen LogP contribution in [-0.4, -0.2) is 12.1 Å². The molecule has 0 saturated heterocycles. The number of Topliss-reactive ketones (excluding diaryl/α,β-unsaturated/α-hetero) is 1. The van der Waals surface area contributed by atoms with Gasteiger partial charge in [-0.3, -0.25) is 4.79 Å². The third-order valence-electron chi connectivity index (χ3n) is 3.05. The molecule has 0 spiro atoms. The van der Waals surface area contributed by atoms with Crippen molar-refractivity contribution in [2.75, 3.05) is 0 Å². The van der Waals surface area contributed by atoms with Gasteiger partial charge in [-0.2, -0.15) is 0 Å². The monoisotopic (exact) mass is 202 g/mol. The number of benzene rings is 1. The molecule has 1 atom stereocenters. The first-order chi connectivity index (χ1) is 7.33. The zero-order valence-electron chi connectivity index (χ0n) is 8.61. The first kappa shape index (κ1) is 10.1. The highest BCUT2D eigenvalue weighted by Crippen LogP contribution is 2.27. The van der Waals surface area contributed by atoms with Crippen LogP contribution in [0.2, 0.25) is 0 Å². The van der Waals surface area contributed by atoms with Crippen molar-refractivity contribution in [2.45, 2.75) is 25.7 Å². The average molecular weight is 202 g/mol. The molecule has 0 N–H and O–H groups in total. The van der Waals surface area contributed by atoms with Crippen LogP contribution in [0.3, 0.4) is 0 Å². The number of rotatable bonds is 3. The number of ketones is 1. The molecule has 1 unspecified atom stereocenters. The summed E-state index contributed by atoms with van der Waals surface area (Å²) in [7, 11) is 0. The maximum atomic E-state index is 12.0. The van der Waals surface area contributed by atoms with Crippen molar-refractivity contribution >= 4 is 12.1 Å². The fourth-order valence-corrected chi connectivity index (χ4v) is 2.20. The number of carbonyl (C=O) groups is 2. The smallest absolute Gasteiger partial charge is 0.166 e. The summed E-state index contributed by atoms with van der Waals surface area (Å²) in [6.45, 7) is 0. The van der Waals surface area contributed by atoms with E-state index in [0.717, 1.165) is 30.3 Å². The van der Waals surface area contributed by atoms with E-state index in [-0.39, 0.29) is 11.7 Å². The van der Waals surface area contributed by atoms with Gasteiger partial charge in [0.2, 0.25) is 0 Å². The zero-order valence-corrected chi connectivity index (χ0v) is 8.61. The van der Waals surface area contributed by atoms with Gasteiger partial charge in [-0.05, 0) is 24.8 Å². The summed E-state index contributed by atoms with van der Waals surface area (Å²) in [5.74, 6) is 0.281. The molecule has 78 valence electrons. The van der Waals surface area contributed by atoms with Gasteiger partial charge >= 0.3 is 0 Å². The number of carbonyl (C=O) groups excluding carboxylic acids is 2. The van der Waals surface area contributed by atoms with Crippen molar-refractivity contribution in [1.82, 2.24) is 0 Å². The Bertz CT molecular complexity index is 382. The summed E-state index contributed by atoms with van der Waals surface area (Å²) >= 11 is 0. The average Bonchev–Trinajstić information content (AvgIpc) is 2.29. The molecular formula is C13H14O2. The number of aldehydes is 1. The van der Waals surface area contributed by atoms with E-state index in [0.29, 0.717) is 12.8 Å². The molecule has 0 heterocycles. The third-order valence-corrected chi connectivity index (χ3v) is 3.05. The largest absolute Gasteiger partial charge is 0.303 e. The van der Waals surface area contributed by atoms with Gasteiger partial charge in [0.15, 0.2) is 5.78 Å². The topological polar surface area (TPSA) is 34.1 Å². The lowest BCUT2D eigenvalue weighted by Gasteiger charge is -2.22. The Kier molecular flexibility index (Phi) is 2.95. The van der Waals surface area contributed by atoms with Crippen LogP contribution >= 0.6 is 0 Å². The summed E-state index contributed by atoms with van der Waals surface area (Å²) in [6.07, 6.45) is 3.96. The van der Waals surface area contributed by atoms with Crippen LogP contribution in [0.5, 0.6) is 0 Å². The molecule has 0 aliphatic heterocycles. The molecule has 1 aliphatic rings. The summed E-state index contributed by atoms with van der Waals surface area (Å²) < 4.78 is 0. The lowest BCUT2D eigenvalue weighted by molar-refractivity contribution is -0.108. The predicted octanol–water partition coefficient (Wildman–Crippen LogP) is 2.41. The molecule has 1 aromatic carbocycles. The van der Waals surface area contributed by atoms with Gasteiger partial charge in [0.05, 0.1) is 0 Å². The van der Waals surface area contributed by atoms with Crippen LogP contribution in [0.25, 0.3) is 0 Å². The second-order valence-electron chi connectivity index (χ2n) is 4.00. The van der Waals surface area contributed by atoms with Crippen molar-refractivity contribution < 1.29 is 9.59 Å². The van der Waals surface area contributed by atoms with Gasteiger partial charge in [-0.15, -0.1) is 0 Å². The number of hydrogen-bond acceptors (Lipinski definition) is 2. The molecule has 0 fully saturated rings. The normalized spacial score (nSPS) is 19.7. The molecule has 0 aromatic heterocycles.